The van der Waals surface area contributed by atoms with E-state index < -0.39 is 6.04 Å². The molecule has 1 aromatic heterocycles. The van der Waals surface area contributed by atoms with Crippen molar-refractivity contribution < 1.29 is 9.90 Å². The number of amides is 1. The topological polar surface area (TPSA) is 91.0 Å². The van der Waals surface area contributed by atoms with E-state index in [-0.39, 0.29) is 17.8 Å². The first kappa shape index (κ1) is 19.8. The predicted molar refractivity (Wildman–Crippen MR) is 115 cm³/mol. The number of hydrazine groups is 1. The summed E-state index contributed by atoms with van der Waals surface area (Å²) >= 11 is 3.47. The van der Waals surface area contributed by atoms with Gasteiger partial charge >= 0.3 is 0 Å². The van der Waals surface area contributed by atoms with Crippen molar-refractivity contribution in [2.24, 2.45) is 10.2 Å². The summed E-state index contributed by atoms with van der Waals surface area (Å²) < 4.78 is 2.67. The number of carbonyl (C=O) groups is 1. The van der Waals surface area contributed by atoms with Crippen LogP contribution in [0.15, 0.2) is 63.2 Å². The average molecular weight is 456 g/mol. The van der Waals surface area contributed by atoms with Crippen molar-refractivity contribution in [1.82, 2.24) is 15.4 Å². The maximum absolute atomic E-state index is 12.3. The van der Waals surface area contributed by atoms with Gasteiger partial charge in [0.05, 0.1) is 5.52 Å². The largest absolute Gasteiger partial charge is 0.493 e. The van der Waals surface area contributed by atoms with Crippen LogP contribution < -0.4 is 10.9 Å². The third-order valence-corrected chi connectivity index (χ3v) is 5.57. The summed E-state index contributed by atoms with van der Waals surface area (Å²) in [7, 11) is 0. The Morgan fingerprint density at radius 3 is 2.76 bits per heavy atom. The van der Waals surface area contributed by atoms with E-state index >= 15 is 0 Å². The molecule has 1 amide bonds. The quantitative estimate of drug-likeness (QED) is 0.502. The van der Waals surface area contributed by atoms with Crippen LogP contribution in [0.5, 0.6) is 5.88 Å². The Kier molecular flexibility index (Phi) is 5.75. The summed E-state index contributed by atoms with van der Waals surface area (Å²) in [6.07, 6.45) is 1.41. The van der Waals surface area contributed by atoms with E-state index in [1.54, 1.807) is 0 Å². The maximum Gasteiger partial charge on any atom is 0.282 e. The molecule has 2 aromatic carbocycles. The highest BCUT2D eigenvalue weighted by molar-refractivity contribution is 9.10. The number of nitrogens with zero attached hydrogens (tertiary/aromatic N) is 3. The van der Waals surface area contributed by atoms with Crippen LogP contribution in [0.3, 0.4) is 0 Å². The van der Waals surface area contributed by atoms with Crippen LogP contribution in [0.2, 0.25) is 0 Å². The molecule has 3 aromatic rings. The number of fused-ring (bicyclic) bond motifs is 1. The standard InChI is InChI=1S/C21H22BrN5O2/c1-13-11-17(24-23-13)20(28)26-25-19-16-12-15(22)7-8-18(16)27(21(19)29)10-9-14-5-3-2-4-6-14/h2-8,12-13,17,23-24,29H,9-11H2,1H3. The highest BCUT2D eigenvalue weighted by Crippen LogP contribution is 2.40. The molecule has 2 heterocycles. The van der Waals surface area contributed by atoms with Crippen LogP contribution in [0.1, 0.15) is 18.9 Å². The minimum Gasteiger partial charge on any atom is -0.493 e. The third-order valence-electron chi connectivity index (χ3n) is 5.08. The molecule has 0 aliphatic carbocycles. The van der Waals surface area contributed by atoms with Gasteiger partial charge in [0.1, 0.15) is 6.04 Å². The number of aromatic nitrogens is 1. The summed E-state index contributed by atoms with van der Waals surface area (Å²) in [4.78, 5) is 12.3. The average Bonchev–Trinajstić information content (AvgIpc) is 3.26. The molecule has 1 saturated heterocycles. The molecule has 2 atom stereocenters. The van der Waals surface area contributed by atoms with E-state index in [2.05, 4.69) is 49.1 Å². The highest BCUT2D eigenvalue weighted by Gasteiger charge is 2.27. The number of aromatic hydroxyl groups is 1. The maximum atomic E-state index is 12.3. The van der Waals surface area contributed by atoms with Gasteiger partial charge in [-0.15, -0.1) is 10.2 Å². The van der Waals surface area contributed by atoms with Crippen LogP contribution in [0.25, 0.3) is 10.9 Å². The molecule has 8 heteroatoms. The van der Waals surface area contributed by atoms with E-state index in [4.69, 9.17) is 0 Å². The van der Waals surface area contributed by atoms with Gasteiger partial charge in [-0.1, -0.05) is 46.3 Å². The van der Waals surface area contributed by atoms with Crippen LogP contribution in [0.4, 0.5) is 5.69 Å². The molecule has 0 radical (unpaired) electrons. The van der Waals surface area contributed by atoms with Crippen molar-refractivity contribution in [1.29, 1.82) is 0 Å². The van der Waals surface area contributed by atoms with E-state index in [0.29, 0.717) is 18.7 Å². The second-order valence-corrected chi connectivity index (χ2v) is 8.15. The van der Waals surface area contributed by atoms with Gasteiger partial charge in [0.2, 0.25) is 5.88 Å². The number of hydrogen-bond donors (Lipinski definition) is 3. The first-order chi connectivity index (χ1) is 14.0. The Balaban J connectivity index is 1.64. The molecule has 1 aliphatic rings. The van der Waals surface area contributed by atoms with E-state index in [9.17, 15) is 9.90 Å². The zero-order valence-electron chi connectivity index (χ0n) is 16.0. The monoisotopic (exact) mass is 455 g/mol. The van der Waals surface area contributed by atoms with Crippen molar-refractivity contribution in [3.8, 4) is 5.88 Å². The summed E-state index contributed by atoms with van der Waals surface area (Å²) in [5.74, 6) is -0.349. The number of carbonyl (C=O) groups excluding carboxylic acids is 1. The van der Waals surface area contributed by atoms with Crippen LogP contribution >= 0.6 is 15.9 Å². The molecular formula is C21H22BrN5O2. The lowest BCUT2D eigenvalue weighted by atomic mass is 10.1. The zero-order chi connectivity index (χ0) is 20.4. The van der Waals surface area contributed by atoms with Gasteiger partial charge in [0.25, 0.3) is 5.91 Å². The van der Waals surface area contributed by atoms with Crippen molar-refractivity contribution in [2.75, 3.05) is 0 Å². The van der Waals surface area contributed by atoms with Gasteiger partial charge in [0, 0.05) is 22.4 Å². The normalized spacial score (nSPS) is 19.4. The van der Waals surface area contributed by atoms with E-state index in [0.717, 1.165) is 21.8 Å². The molecule has 3 N–H and O–H groups in total. The minimum atomic E-state index is -0.408. The van der Waals surface area contributed by atoms with Gasteiger partial charge in [-0.3, -0.25) is 10.2 Å². The molecule has 0 saturated carbocycles. The van der Waals surface area contributed by atoms with Gasteiger partial charge in [-0.2, -0.15) is 0 Å². The first-order valence-electron chi connectivity index (χ1n) is 9.54. The molecule has 0 bridgehead atoms. The minimum absolute atomic E-state index is 0.0106. The highest BCUT2D eigenvalue weighted by atomic mass is 79.9. The lowest BCUT2D eigenvalue weighted by Crippen LogP contribution is -2.36. The fourth-order valence-corrected chi connectivity index (χ4v) is 3.91. The summed E-state index contributed by atoms with van der Waals surface area (Å²) in [6, 6.07) is 15.6. The Hall–Kier alpha value is -2.55. The van der Waals surface area contributed by atoms with Gasteiger partial charge in [-0.05, 0) is 43.5 Å². The molecule has 0 spiro atoms. The zero-order valence-corrected chi connectivity index (χ0v) is 17.6. The molecule has 2 unspecified atom stereocenters. The van der Waals surface area contributed by atoms with E-state index in [1.165, 1.54) is 5.56 Å². The van der Waals surface area contributed by atoms with Crippen molar-refractivity contribution in [3.05, 3.63) is 58.6 Å². The van der Waals surface area contributed by atoms with E-state index in [1.807, 2.05) is 47.9 Å². The molecule has 7 nitrogen and oxygen atoms in total. The molecular weight excluding hydrogens is 434 g/mol. The first-order valence-corrected chi connectivity index (χ1v) is 10.3. The van der Waals surface area contributed by atoms with Crippen LogP contribution in [-0.2, 0) is 17.8 Å². The number of rotatable bonds is 5. The third kappa shape index (κ3) is 4.24. The van der Waals surface area contributed by atoms with Gasteiger partial charge in [0.15, 0.2) is 5.69 Å². The Labute approximate surface area is 176 Å². The van der Waals surface area contributed by atoms with Gasteiger partial charge < -0.3 is 9.67 Å². The Morgan fingerprint density at radius 1 is 1.24 bits per heavy atom. The SMILES string of the molecule is CC1CC(C(=O)N=Nc2c(O)n(CCc3ccccc3)c3ccc(Br)cc23)NN1. The number of benzene rings is 2. The molecule has 1 aliphatic heterocycles. The molecule has 29 heavy (non-hydrogen) atoms. The van der Waals surface area contributed by atoms with Crippen molar-refractivity contribution >= 4 is 38.4 Å². The van der Waals surface area contributed by atoms with Gasteiger partial charge in [-0.25, -0.2) is 5.43 Å². The molecule has 4 rings (SSSR count). The lowest BCUT2D eigenvalue weighted by Gasteiger charge is -2.07. The lowest BCUT2D eigenvalue weighted by molar-refractivity contribution is -0.120. The summed E-state index contributed by atoms with van der Waals surface area (Å²) in [6.45, 7) is 2.57. The van der Waals surface area contributed by atoms with Crippen LogP contribution in [0, 0.1) is 0 Å². The Morgan fingerprint density at radius 2 is 2.03 bits per heavy atom. The number of hydrogen-bond acceptors (Lipinski definition) is 5. The van der Waals surface area contributed by atoms with Crippen molar-refractivity contribution in [2.45, 2.75) is 38.4 Å². The second kappa shape index (κ2) is 8.44. The summed E-state index contributed by atoms with van der Waals surface area (Å²) in [5.41, 5.74) is 8.25. The predicted octanol–water partition coefficient (Wildman–Crippen LogP) is 4.22. The fraction of sp³-hybridized carbons (Fsp3) is 0.286. The Bertz CT molecular complexity index is 1060. The second-order valence-electron chi connectivity index (χ2n) is 7.24. The fourth-order valence-electron chi connectivity index (χ4n) is 3.55. The van der Waals surface area contributed by atoms with Crippen molar-refractivity contribution in [3.63, 3.8) is 0 Å². The number of halogens is 1. The molecule has 150 valence electrons. The molecule has 1 fully saturated rings. The number of aryl methyl sites for hydroxylation is 2. The number of nitrogens with one attached hydrogen (secondary N) is 2. The smallest absolute Gasteiger partial charge is 0.282 e. The number of azo groups is 1. The van der Waals surface area contributed by atoms with Crippen LogP contribution in [-0.4, -0.2) is 27.7 Å². The summed E-state index contributed by atoms with van der Waals surface area (Å²) in [5, 5.41) is 19.6.